The van der Waals surface area contributed by atoms with E-state index in [1.165, 1.54) is 0 Å². The molecule has 0 aromatic heterocycles. The van der Waals surface area contributed by atoms with E-state index in [1.807, 2.05) is 58.9 Å². The van der Waals surface area contributed by atoms with Crippen molar-refractivity contribution in [2.45, 2.75) is 111 Å². The summed E-state index contributed by atoms with van der Waals surface area (Å²) in [5, 5.41) is 5.80. The highest BCUT2D eigenvalue weighted by atomic mass is 16.6. The number of alkyl carbamates (subject to hydrolysis) is 1. The second kappa shape index (κ2) is 11.7. The molecule has 190 valence electrons. The van der Waals surface area contributed by atoms with E-state index in [0.29, 0.717) is 6.42 Å². The SMILES string of the molecule is Cc1ccc(C(C(=O)NC(C)C)N(C(=O)C(CC(C)C)NC(=O)OC(C)(C)C)C2CCC2)cc1. The van der Waals surface area contributed by atoms with Gasteiger partial charge >= 0.3 is 6.09 Å². The van der Waals surface area contributed by atoms with Crippen molar-refractivity contribution in [2.75, 3.05) is 0 Å². The van der Waals surface area contributed by atoms with Crippen LogP contribution >= 0.6 is 0 Å². The highest BCUT2D eigenvalue weighted by Crippen LogP contribution is 2.34. The molecule has 1 aromatic carbocycles. The lowest BCUT2D eigenvalue weighted by atomic mass is 9.87. The number of nitrogens with zero attached hydrogens (tertiary/aromatic N) is 1. The molecule has 2 N–H and O–H groups in total. The Morgan fingerprint density at radius 2 is 1.62 bits per heavy atom. The molecule has 0 bridgehead atoms. The van der Waals surface area contributed by atoms with E-state index in [2.05, 4.69) is 10.6 Å². The number of nitrogens with one attached hydrogen (secondary N) is 2. The molecule has 34 heavy (non-hydrogen) atoms. The Balaban J connectivity index is 2.46. The summed E-state index contributed by atoms with van der Waals surface area (Å²) in [4.78, 5) is 41.9. The van der Waals surface area contributed by atoms with Gasteiger partial charge in [0.1, 0.15) is 17.7 Å². The zero-order chi connectivity index (χ0) is 25.6. The van der Waals surface area contributed by atoms with Crippen LogP contribution in [0.25, 0.3) is 0 Å². The number of carbonyl (C=O) groups excluding carboxylic acids is 3. The molecule has 1 aromatic rings. The van der Waals surface area contributed by atoms with Crippen molar-refractivity contribution in [3.05, 3.63) is 35.4 Å². The number of aryl methyl sites for hydroxylation is 1. The minimum absolute atomic E-state index is 0.0492. The van der Waals surface area contributed by atoms with Crippen molar-refractivity contribution in [2.24, 2.45) is 5.92 Å². The predicted octanol–water partition coefficient (Wildman–Crippen LogP) is 4.88. The molecule has 1 aliphatic carbocycles. The summed E-state index contributed by atoms with van der Waals surface area (Å²) in [5.74, 6) is -0.289. The van der Waals surface area contributed by atoms with Gasteiger partial charge in [0.2, 0.25) is 11.8 Å². The molecule has 1 fully saturated rings. The smallest absolute Gasteiger partial charge is 0.408 e. The largest absolute Gasteiger partial charge is 0.444 e. The van der Waals surface area contributed by atoms with Crippen LogP contribution in [0, 0.1) is 12.8 Å². The van der Waals surface area contributed by atoms with Gasteiger partial charge in [0, 0.05) is 12.1 Å². The number of rotatable bonds is 9. The molecular formula is C27H43N3O4. The monoisotopic (exact) mass is 473 g/mol. The Kier molecular flexibility index (Phi) is 9.54. The van der Waals surface area contributed by atoms with Crippen LogP contribution in [0.3, 0.4) is 0 Å². The fourth-order valence-electron chi connectivity index (χ4n) is 4.06. The van der Waals surface area contributed by atoms with Crippen LogP contribution < -0.4 is 10.6 Å². The Labute approximate surface area is 205 Å². The zero-order valence-electron chi connectivity index (χ0n) is 22.1. The number of hydrogen-bond acceptors (Lipinski definition) is 4. The predicted molar refractivity (Wildman–Crippen MR) is 134 cm³/mol. The zero-order valence-corrected chi connectivity index (χ0v) is 22.1. The van der Waals surface area contributed by atoms with Crippen LogP contribution in [0.1, 0.15) is 91.3 Å². The molecule has 0 heterocycles. The van der Waals surface area contributed by atoms with Crippen molar-refractivity contribution >= 4 is 17.9 Å². The lowest BCUT2D eigenvalue weighted by Crippen LogP contribution is -2.58. The summed E-state index contributed by atoms with van der Waals surface area (Å²) in [6, 6.07) is 6.08. The minimum atomic E-state index is -0.782. The van der Waals surface area contributed by atoms with Gasteiger partial charge in [-0.2, -0.15) is 0 Å². The van der Waals surface area contributed by atoms with Crippen LogP contribution in [0.4, 0.5) is 4.79 Å². The van der Waals surface area contributed by atoms with Crippen molar-refractivity contribution in [1.82, 2.24) is 15.5 Å². The molecule has 0 radical (unpaired) electrons. The first kappa shape index (κ1) is 27.7. The van der Waals surface area contributed by atoms with Gasteiger partial charge in [-0.25, -0.2) is 4.79 Å². The Hall–Kier alpha value is -2.57. The molecule has 0 aliphatic heterocycles. The molecule has 1 saturated carbocycles. The van der Waals surface area contributed by atoms with Gasteiger partial charge in [0.25, 0.3) is 0 Å². The van der Waals surface area contributed by atoms with Crippen molar-refractivity contribution < 1.29 is 19.1 Å². The van der Waals surface area contributed by atoms with Gasteiger partial charge in [0.15, 0.2) is 0 Å². The van der Waals surface area contributed by atoms with Crippen LogP contribution in [0.5, 0.6) is 0 Å². The Morgan fingerprint density at radius 3 is 2.06 bits per heavy atom. The maximum absolute atomic E-state index is 14.1. The Morgan fingerprint density at radius 1 is 1.03 bits per heavy atom. The molecule has 7 heteroatoms. The van der Waals surface area contributed by atoms with E-state index < -0.39 is 23.8 Å². The topological polar surface area (TPSA) is 87.7 Å². The normalized spacial score (nSPS) is 15.9. The lowest BCUT2D eigenvalue weighted by molar-refractivity contribution is -0.148. The molecule has 2 unspecified atom stereocenters. The fraction of sp³-hybridized carbons (Fsp3) is 0.667. The van der Waals surface area contributed by atoms with Gasteiger partial charge in [-0.1, -0.05) is 43.7 Å². The molecule has 3 amide bonds. The first-order valence-electron chi connectivity index (χ1n) is 12.5. The van der Waals surface area contributed by atoms with Crippen LogP contribution in [0.15, 0.2) is 24.3 Å². The number of benzene rings is 1. The number of carbonyl (C=O) groups is 3. The van der Waals surface area contributed by atoms with Crippen LogP contribution in [-0.2, 0) is 14.3 Å². The van der Waals surface area contributed by atoms with Gasteiger partial charge in [-0.15, -0.1) is 0 Å². The standard InChI is InChI=1S/C27H43N3O4/c1-17(2)16-22(29-26(33)34-27(6,7)8)25(32)30(21-10-9-11-21)23(24(31)28-18(3)4)20-14-12-19(5)13-15-20/h12-15,17-18,21-23H,9-11,16H2,1-8H3,(H,28,31)(H,29,33). The molecule has 0 spiro atoms. The molecule has 2 atom stereocenters. The number of amides is 3. The van der Waals surface area contributed by atoms with Crippen LogP contribution in [0.2, 0.25) is 0 Å². The first-order valence-corrected chi connectivity index (χ1v) is 12.5. The summed E-state index contributed by atoms with van der Waals surface area (Å²) in [7, 11) is 0. The van der Waals surface area contributed by atoms with E-state index in [-0.39, 0.29) is 29.8 Å². The molecule has 1 aliphatic rings. The van der Waals surface area contributed by atoms with E-state index >= 15 is 0 Å². The maximum atomic E-state index is 14.1. The molecule has 0 saturated heterocycles. The highest BCUT2D eigenvalue weighted by Gasteiger charge is 2.42. The highest BCUT2D eigenvalue weighted by molar-refractivity contribution is 5.92. The van der Waals surface area contributed by atoms with E-state index in [1.54, 1.807) is 25.7 Å². The van der Waals surface area contributed by atoms with Gasteiger partial charge in [-0.3, -0.25) is 9.59 Å². The average molecular weight is 474 g/mol. The van der Waals surface area contributed by atoms with Gasteiger partial charge < -0.3 is 20.3 Å². The van der Waals surface area contributed by atoms with Crippen LogP contribution in [-0.4, -0.2) is 46.5 Å². The van der Waals surface area contributed by atoms with Crippen molar-refractivity contribution in [3.8, 4) is 0 Å². The third-order valence-electron chi connectivity index (χ3n) is 5.77. The summed E-state index contributed by atoms with van der Waals surface area (Å²) in [6.07, 6.45) is 2.51. The number of hydrogen-bond donors (Lipinski definition) is 2. The second-order valence-electron chi connectivity index (χ2n) is 11.1. The molecule has 7 nitrogen and oxygen atoms in total. The van der Waals surface area contributed by atoms with E-state index in [9.17, 15) is 14.4 Å². The minimum Gasteiger partial charge on any atom is -0.444 e. The van der Waals surface area contributed by atoms with E-state index in [4.69, 9.17) is 4.74 Å². The average Bonchev–Trinajstić information content (AvgIpc) is 2.64. The third-order valence-corrected chi connectivity index (χ3v) is 5.77. The lowest BCUT2D eigenvalue weighted by Gasteiger charge is -2.44. The fourth-order valence-corrected chi connectivity index (χ4v) is 4.06. The van der Waals surface area contributed by atoms with E-state index in [0.717, 1.165) is 30.4 Å². The summed E-state index contributed by atoms with van der Waals surface area (Å²) in [6.45, 7) is 15.2. The quantitative estimate of drug-likeness (QED) is 0.535. The maximum Gasteiger partial charge on any atom is 0.408 e. The Bertz CT molecular complexity index is 838. The van der Waals surface area contributed by atoms with Gasteiger partial charge in [0.05, 0.1) is 0 Å². The second-order valence-corrected chi connectivity index (χ2v) is 11.1. The summed E-state index contributed by atoms with van der Waals surface area (Å²) < 4.78 is 5.44. The van der Waals surface area contributed by atoms with Crippen molar-refractivity contribution in [1.29, 1.82) is 0 Å². The van der Waals surface area contributed by atoms with Gasteiger partial charge in [-0.05, 0) is 78.7 Å². The number of ether oxygens (including phenoxy) is 1. The summed E-state index contributed by atoms with van der Waals surface area (Å²) in [5.41, 5.74) is 1.17. The molecular weight excluding hydrogens is 430 g/mol. The molecule has 2 rings (SSSR count). The third kappa shape index (κ3) is 8.03. The summed E-state index contributed by atoms with van der Waals surface area (Å²) >= 11 is 0. The van der Waals surface area contributed by atoms with Crippen molar-refractivity contribution in [3.63, 3.8) is 0 Å². The first-order chi connectivity index (χ1) is 15.8.